The van der Waals surface area contributed by atoms with Crippen LogP contribution in [0.2, 0.25) is 0 Å². The number of hydrogen-bond acceptors (Lipinski definition) is 3. The lowest BCUT2D eigenvalue weighted by Crippen LogP contribution is -2.30. The van der Waals surface area contributed by atoms with Gasteiger partial charge in [-0.25, -0.2) is 4.99 Å². The van der Waals surface area contributed by atoms with E-state index in [4.69, 9.17) is 4.99 Å². The largest absolute Gasteiger partial charge is 0.298 e. The van der Waals surface area contributed by atoms with Crippen LogP contribution >= 0.6 is 11.3 Å². The van der Waals surface area contributed by atoms with Crippen LogP contribution in [0.5, 0.6) is 0 Å². The Morgan fingerprint density at radius 3 is 2.47 bits per heavy atom. The van der Waals surface area contributed by atoms with Crippen LogP contribution in [0, 0.1) is 0 Å². The first-order valence-electron chi connectivity index (χ1n) is 11.4. The number of thiazole rings is 1. The number of hydrogen-bond donors (Lipinski definition) is 0. The van der Waals surface area contributed by atoms with Crippen LogP contribution in [0.15, 0.2) is 83.9 Å². The number of aryl methyl sites for hydroxylation is 1. The Bertz CT molecular complexity index is 1300. The number of fused-ring (bicyclic) bond motifs is 2. The summed E-state index contributed by atoms with van der Waals surface area (Å²) in [5.74, 6) is 1.12. The summed E-state index contributed by atoms with van der Waals surface area (Å²) in [6, 6.07) is 27.8. The van der Waals surface area contributed by atoms with Crippen LogP contribution in [0.4, 0.5) is 11.4 Å². The van der Waals surface area contributed by atoms with Crippen molar-refractivity contribution < 1.29 is 4.57 Å². The molecule has 0 fully saturated rings. The van der Waals surface area contributed by atoms with E-state index in [1.54, 1.807) is 0 Å². The van der Waals surface area contributed by atoms with Crippen molar-refractivity contribution in [3.63, 3.8) is 0 Å². The van der Waals surface area contributed by atoms with Crippen LogP contribution in [0.1, 0.15) is 43.2 Å². The van der Waals surface area contributed by atoms with Gasteiger partial charge in [0.05, 0.1) is 11.4 Å². The van der Waals surface area contributed by atoms with Crippen molar-refractivity contribution >= 4 is 50.5 Å². The van der Waals surface area contributed by atoms with Gasteiger partial charge < -0.3 is 0 Å². The van der Waals surface area contributed by atoms with E-state index in [-0.39, 0.29) is 0 Å². The predicted molar refractivity (Wildman–Crippen MR) is 137 cm³/mol. The minimum Gasteiger partial charge on any atom is -0.298 e. The van der Waals surface area contributed by atoms with Crippen molar-refractivity contribution in [2.75, 3.05) is 4.90 Å². The summed E-state index contributed by atoms with van der Waals surface area (Å²) in [6.45, 7) is 2.25. The van der Waals surface area contributed by atoms with Gasteiger partial charge in [0, 0.05) is 29.8 Å². The molecular formula is C28H28N3S+. The van der Waals surface area contributed by atoms with Gasteiger partial charge in [-0.3, -0.25) is 4.90 Å². The van der Waals surface area contributed by atoms with Crippen molar-refractivity contribution in [1.29, 1.82) is 0 Å². The highest BCUT2D eigenvalue weighted by molar-refractivity contribution is 7.18. The molecular weight excluding hydrogens is 410 g/mol. The normalized spacial score (nSPS) is 14.6. The molecule has 1 aliphatic rings. The smallest absolute Gasteiger partial charge is 0.264 e. The van der Waals surface area contributed by atoms with E-state index in [0.717, 1.165) is 24.4 Å². The Kier molecular flexibility index (Phi) is 5.87. The Labute approximate surface area is 194 Å². The van der Waals surface area contributed by atoms with E-state index < -0.39 is 0 Å². The number of rotatable bonds is 6. The number of nitrogens with zero attached hydrogens (tertiary/aromatic N) is 3. The van der Waals surface area contributed by atoms with Gasteiger partial charge in [-0.2, -0.15) is 4.57 Å². The molecule has 2 heterocycles. The third-order valence-electron chi connectivity index (χ3n) is 5.98. The second-order valence-corrected chi connectivity index (χ2v) is 9.23. The molecule has 0 radical (unpaired) electrons. The first-order chi connectivity index (χ1) is 15.8. The van der Waals surface area contributed by atoms with Crippen molar-refractivity contribution in [3.8, 4) is 0 Å². The van der Waals surface area contributed by atoms with Gasteiger partial charge in [-0.1, -0.05) is 79.6 Å². The highest BCUT2D eigenvalue weighted by atomic mass is 32.1. The highest BCUT2D eigenvalue weighted by Gasteiger charge is 2.26. The lowest BCUT2D eigenvalue weighted by molar-refractivity contribution is -0.642. The zero-order valence-corrected chi connectivity index (χ0v) is 19.5. The van der Waals surface area contributed by atoms with E-state index in [9.17, 15) is 0 Å². The maximum Gasteiger partial charge on any atom is 0.264 e. The van der Waals surface area contributed by atoms with E-state index in [2.05, 4.69) is 108 Å². The number of aliphatic imine (C=N–C) groups is 1. The third kappa shape index (κ3) is 3.87. The molecule has 0 saturated heterocycles. The molecule has 0 bridgehead atoms. The fourth-order valence-corrected chi connectivity index (χ4v) is 5.40. The van der Waals surface area contributed by atoms with Crippen LogP contribution < -0.4 is 9.47 Å². The van der Waals surface area contributed by atoms with Gasteiger partial charge in [0.15, 0.2) is 0 Å². The molecule has 5 rings (SSSR count). The quantitative estimate of drug-likeness (QED) is 0.227. The Morgan fingerprint density at radius 2 is 1.66 bits per heavy atom. The summed E-state index contributed by atoms with van der Waals surface area (Å²) in [5, 5.41) is 1.21. The average molecular weight is 439 g/mol. The van der Waals surface area contributed by atoms with E-state index in [1.807, 2.05) is 11.3 Å². The van der Waals surface area contributed by atoms with Gasteiger partial charge in [-0.05, 0) is 30.7 Å². The predicted octanol–water partition coefficient (Wildman–Crippen LogP) is 7.35. The highest BCUT2D eigenvalue weighted by Crippen LogP contribution is 2.39. The van der Waals surface area contributed by atoms with Gasteiger partial charge in [0.1, 0.15) is 17.6 Å². The summed E-state index contributed by atoms with van der Waals surface area (Å²) in [7, 11) is 2.14. The van der Waals surface area contributed by atoms with Gasteiger partial charge >= 0.3 is 0 Å². The number of para-hydroxylation sites is 3. The number of anilines is 2. The molecule has 0 unspecified atom stereocenters. The van der Waals surface area contributed by atoms with Crippen molar-refractivity contribution in [2.24, 2.45) is 12.0 Å². The number of unbranched alkanes of at least 4 members (excludes halogenated alkanes) is 2. The minimum atomic E-state index is 0.965. The van der Waals surface area contributed by atoms with Gasteiger partial charge in [0.2, 0.25) is 5.52 Å². The molecule has 32 heavy (non-hydrogen) atoms. The number of benzene rings is 3. The summed E-state index contributed by atoms with van der Waals surface area (Å²) in [5.41, 5.74) is 5.85. The fourth-order valence-electron chi connectivity index (χ4n) is 4.31. The summed E-state index contributed by atoms with van der Waals surface area (Å²) >= 11 is 1.82. The van der Waals surface area contributed by atoms with Crippen LogP contribution in [-0.4, -0.2) is 5.84 Å². The molecule has 0 aliphatic carbocycles. The lowest BCUT2D eigenvalue weighted by Gasteiger charge is -2.32. The van der Waals surface area contributed by atoms with Crippen LogP contribution in [0.25, 0.3) is 22.0 Å². The molecule has 0 spiro atoms. The molecule has 4 aromatic rings. The topological polar surface area (TPSA) is 19.5 Å². The standard InChI is InChI=1S/C28H28N3S/c1-3-4-6-19-27-29-23(20-28-30(2)25-17-11-12-18-26(25)32-28)22-15-9-10-16-24(22)31(27)21-13-7-5-8-14-21/h5,7-18,20H,3-4,6,19H2,1-2H3/q+1. The second kappa shape index (κ2) is 9.09. The molecule has 3 nitrogen and oxygen atoms in total. The van der Waals surface area contributed by atoms with Gasteiger partial charge in [-0.15, -0.1) is 0 Å². The molecule has 160 valence electrons. The lowest BCUT2D eigenvalue weighted by atomic mass is 10.0. The van der Waals surface area contributed by atoms with E-state index in [0.29, 0.717) is 0 Å². The third-order valence-corrected chi connectivity index (χ3v) is 7.14. The zero-order valence-electron chi connectivity index (χ0n) is 18.7. The Hall–Kier alpha value is -3.24. The zero-order chi connectivity index (χ0) is 21.9. The Morgan fingerprint density at radius 1 is 0.906 bits per heavy atom. The van der Waals surface area contributed by atoms with Crippen LogP contribution in [-0.2, 0) is 7.05 Å². The molecule has 0 N–H and O–H groups in total. The molecule has 0 saturated carbocycles. The summed E-state index contributed by atoms with van der Waals surface area (Å²) in [4.78, 5) is 7.60. The first kappa shape index (κ1) is 20.7. The summed E-state index contributed by atoms with van der Waals surface area (Å²) in [6.07, 6.45) is 6.78. The molecule has 1 aliphatic heterocycles. The maximum absolute atomic E-state index is 5.26. The van der Waals surface area contributed by atoms with Crippen LogP contribution in [0.3, 0.4) is 0 Å². The maximum atomic E-state index is 5.26. The van der Waals surface area contributed by atoms with Crippen molar-refractivity contribution in [2.45, 2.75) is 32.6 Å². The molecule has 3 aromatic carbocycles. The average Bonchev–Trinajstić information content (AvgIpc) is 3.15. The first-order valence-corrected chi connectivity index (χ1v) is 12.2. The van der Waals surface area contributed by atoms with Crippen molar-refractivity contribution in [1.82, 2.24) is 0 Å². The summed E-state index contributed by atoms with van der Waals surface area (Å²) < 4.78 is 3.56. The Balaban J connectivity index is 1.66. The molecule has 4 heteroatoms. The molecule has 1 aromatic heterocycles. The van der Waals surface area contributed by atoms with Crippen molar-refractivity contribution in [3.05, 3.63) is 89.4 Å². The minimum absolute atomic E-state index is 0.965. The second-order valence-electron chi connectivity index (χ2n) is 8.17. The van der Waals surface area contributed by atoms with E-state index in [1.165, 1.54) is 45.0 Å². The molecule has 0 amide bonds. The number of aromatic nitrogens is 1. The number of amidine groups is 1. The fraction of sp³-hybridized carbons (Fsp3) is 0.214. The van der Waals surface area contributed by atoms with Gasteiger partial charge in [0.25, 0.3) is 5.01 Å². The molecule has 0 atom stereocenters. The SMILES string of the molecule is CCCCCC1=N/C(=C\c2sc3ccccc3[n+]2C)c2ccccc2N1c1ccccc1. The van der Waals surface area contributed by atoms with E-state index >= 15 is 0 Å². The monoisotopic (exact) mass is 438 g/mol.